The molecule has 0 amide bonds. The molecule has 0 radical (unpaired) electrons. The van der Waals surface area contributed by atoms with E-state index in [2.05, 4.69) is 16.3 Å². The minimum Gasteiger partial charge on any atom is -0.486 e. The van der Waals surface area contributed by atoms with Crippen LogP contribution in [-0.4, -0.2) is 72.1 Å². The molecule has 0 saturated carbocycles. The molecule has 2 N–H and O–H groups in total. The number of ether oxygens (including phenoxy) is 2. The van der Waals surface area contributed by atoms with Crippen molar-refractivity contribution in [3.63, 3.8) is 0 Å². The topological polar surface area (TPSA) is 83.9 Å². The molecule has 0 spiro atoms. The Morgan fingerprint density at radius 2 is 2.23 bits per heavy atom. The second-order valence-corrected chi connectivity index (χ2v) is 10.1. The minimum absolute atomic E-state index is 0.00216. The van der Waals surface area contributed by atoms with Gasteiger partial charge >= 0.3 is 5.97 Å². The monoisotopic (exact) mass is 483 g/mol. The lowest BCUT2D eigenvalue weighted by atomic mass is 9.94. The molecule has 3 aliphatic rings. The first-order chi connectivity index (χ1) is 17.0. The van der Waals surface area contributed by atoms with Crippen LogP contribution in [0.25, 0.3) is 0 Å². The van der Waals surface area contributed by atoms with Gasteiger partial charge in [-0.3, -0.25) is 9.69 Å². The largest absolute Gasteiger partial charge is 0.486 e. The molecule has 2 aromatic rings. The molecule has 5 rings (SSSR count). The number of nitrogens with zero attached hydrogens (tertiary/aromatic N) is 2. The van der Waals surface area contributed by atoms with Gasteiger partial charge < -0.3 is 19.9 Å². The van der Waals surface area contributed by atoms with E-state index in [1.54, 1.807) is 0 Å². The number of alkyl halides is 1. The summed E-state index contributed by atoms with van der Waals surface area (Å²) in [6.07, 6.45) is 3.69. The van der Waals surface area contributed by atoms with Crippen LogP contribution in [0.15, 0.2) is 36.4 Å². The molecular formula is C27H34FN3O4. The first-order valence-corrected chi connectivity index (χ1v) is 12.7. The normalized spacial score (nSPS) is 23.2. The Morgan fingerprint density at radius 3 is 3.03 bits per heavy atom. The number of carboxylic acid groups (broad SMARTS) is 1. The standard InChI is InChI=1S/C27H34FN3O4/c28-27(9-8-22-7-6-19-4-2-11-29-26(19)30-22)10-12-31(18-27)15-21(14-25(32)33)20-3-1-5-23(13-20)35-24-16-34-17-24/h1,3,5-7,13,21,24H,2,4,8-12,14-18H2,(H,29,30)(H,32,33)/t21-,27+/m1/s1. The predicted octanol–water partition coefficient (Wildman–Crippen LogP) is 3.82. The lowest BCUT2D eigenvalue weighted by molar-refractivity contribution is -0.137. The van der Waals surface area contributed by atoms with Crippen molar-refractivity contribution in [2.75, 3.05) is 44.7 Å². The van der Waals surface area contributed by atoms with Gasteiger partial charge in [-0.2, -0.15) is 0 Å². The van der Waals surface area contributed by atoms with Gasteiger partial charge in [0.05, 0.1) is 19.6 Å². The molecule has 35 heavy (non-hydrogen) atoms. The van der Waals surface area contributed by atoms with E-state index in [1.165, 1.54) is 5.56 Å². The van der Waals surface area contributed by atoms with E-state index >= 15 is 4.39 Å². The Labute approximate surface area is 205 Å². The molecule has 0 aliphatic carbocycles. The summed E-state index contributed by atoms with van der Waals surface area (Å²) in [6.45, 7) is 3.55. The highest BCUT2D eigenvalue weighted by atomic mass is 19.1. The number of aliphatic carboxylic acids is 1. The molecule has 4 heterocycles. The number of aryl methyl sites for hydroxylation is 2. The summed E-state index contributed by atoms with van der Waals surface area (Å²) in [5, 5.41) is 12.9. The molecular weight excluding hydrogens is 449 g/mol. The molecule has 0 unspecified atom stereocenters. The third-order valence-electron chi connectivity index (χ3n) is 7.30. The third kappa shape index (κ3) is 6.11. The molecule has 2 fully saturated rings. The number of hydrogen-bond acceptors (Lipinski definition) is 6. The lowest BCUT2D eigenvalue weighted by Gasteiger charge is -2.28. The average molecular weight is 484 g/mol. The summed E-state index contributed by atoms with van der Waals surface area (Å²) in [4.78, 5) is 18.4. The highest BCUT2D eigenvalue weighted by Crippen LogP contribution is 2.34. The van der Waals surface area contributed by atoms with E-state index in [1.807, 2.05) is 30.3 Å². The summed E-state index contributed by atoms with van der Waals surface area (Å²) < 4.78 is 26.8. The molecule has 188 valence electrons. The van der Waals surface area contributed by atoms with Crippen LogP contribution in [0.1, 0.15) is 48.4 Å². The van der Waals surface area contributed by atoms with Crippen LogP contribution < -0.4 is 10.1 Å². The van der Waals surface area contributed by atoms with Gasteiger partial charge in [-0.15, -0.1) is 0 Å². The number of anilines is 1. The number of rotatable bonds is 10. The number of nitrogens with one attached hydrogen (secondary N) is 1. The van der Waals surface area contributed by atoms with Crippen molar-refractivity contribution in [2.45, 2.75) is 56.2 Å². The van der Waals surface area contributed by atoms with Crippen LogP contribution in [0.2, 0.25) is 0 Å². The van der Waals surface area contributed by atoms with Crippen molar-refractivity contribution in [1.82, 2.24) is 9.88 Å². The van der Waals surface area contributed by atoms with E-state index in [0.717, 1.165) is 42.2 Å². The van der Waals surface area contributed by atoms with Crippen LogP contribution in [0, 0.1) is 0 Å². The predicted molar refractivity (Wildman–Crippen MR) is 131 cm³/mol. The number of benzene rings is 1. The first kappa shape index (κ1) is 24.0. The summed E-state index contributed by atoms with van der Waals surface area (Å²) in [5.41, 5.74) is 1.79. The molecule has 7 nitrogen and oxygen atoms in total. The van der Waals surface area contributed by atoms with Crippen molar-refractivity contribution in [1.29, 1.82) is 0 Å². The van der Waals surface area contributed by atoms with Crippen molar-refractivity contribution >= 4 is 11.8 Å². The van der Waals surface area contributed by atoms with Crippen molar-refractivity contribution in [3.8, 4) is 5.75 Å². The Morgan fingerprint density at radius 1 is 1.34 bits per heavy atom. The van der Waals surface area contributed by atoms with E-state index in [0.29, 0.717) is 52.1 Å². The van der Waals surface area contributed by atoms with Gasteiger partial charge in [-0.1, -0.05) is 18.2 Å². The van der Waals surface area contributed by atoms with Crippen LogP contribution in [0.3, 0.4) is 0 Å². The van der Waals surface area contributed by atoms with E-state index < -0.39 is 11.6 Å². The number of likely N-dealkylation sites (tertiary alicyclic amines) is 1. The highest BCUT2D eigenvalue weighted by molar-refractivity contribution is 5.68. The highest BCUT2D eigenvalue weighted by Gasteiger charge is 2.39. The summed E-state index contributed by atoms with van der Waals surface area (Å²) >= 11 is 0. The zero-order valence-electron chi connectivity index (χ0n) is 20.0. The van der Waals surface area contributed by atoms with Crippen LogP contribution in [0.4, 0.5) is 10.2 Å². The number of aromatic nitrogens is 1. The summed E-state index contributed by atoms with van der Waals surface area (Å²) in [6, 6.07) is 11.8. The molecule has 0 bridgehead atoms. The maximum absolute atomic E-state index is 15.7. The average Bonchev–Trinajstić information content (AvgIpc) is 3.20. The van der Waals surface area contributed by atoms with Gasteiger partial charge in [-0.05, 0) is 61.4 Å². The van der Waals surface area contributed by atoms with E-state index in [4.69, 9.17) is 14.5 Å². The maximum Gasteiger partial charge on any atom is 0.304 e. The van der Waals surface area contributed by atoms with Crippen LogP contribution in [-0.2, 0) is 22.4 Å². The zero-order chi connectivity index (χ0) is 24.3. The molecule has 2 atom stereocenters. The molecule has 2 saturated heterocycles. The summed E-state index contributed by atoms with van der Waals surface area (Å²) in [7, 11) is 0. The van der Waals surface area contributed by atoms with Crippen molar-refractivity contribution < 1.29 is 23.8 Å². The van der Waals surface area contributed by atoms with Crippen LogP contribution >= 0.6 is 0 Å². The minimum atomic E-state index is -1.28. The number of halogens is 1. The fourth-order valence-electron chi connectivity index (χ4n) is 5.26. The fourth-order valence-corrected chi connectivity index (χ4v) is 5.26. The third-order valence-corrected chi connectivity index (χ3v) is 7.30. The number of pyridine rings is 1. The Bertz CT molecular complexity index is 1050. The van der Waals surface area contributed by atoms with Crippen molar-refractivity contribution in [3.05, 3.63) is 53.2 Å². The molecule has 3 aliphatic heterocycles. The Kier molecular flexibility index (Phi) is 7.20. The zero-order valence-corrected chi connectivity index (χ0v) is 20.0. The van der Waals surface area contributed by atoms with Crippen molar-refractivity contribution in [2.24, 2.45) is 0 Å². The van der Waals surface area contributed by atoms with Gasteiger partial charge in [0.1, 0.15) is 23.3 Å². The Balaban J connectivity index is 1.19. The van der Waals surface area contributed by atoms with Gasteiger partial charge in [0.2, 0.25) is 0 Å². The van der Waals surface area contributed by atoms with Gasteiger partial charge in [0, 0.05) is 37.8 Å². The quantitative estimate of drug-likeness (QED) is 0.532. The van der Waals surface area contributed by atoms with E-state index in [-0.39, 0.29) is 18.4 Å². The van der Waals surface area contributed by atoms with Gasteiger partial charge in [-0.25, -0.2) is 9.37 Å². The second kappa shape index (κ2) is 10.5. The van der Waals surface area contributed by atoms with E-state index in [9.17, 15) is 9.90 Å². The van der Waals surface area contributed by atoms with Gasteiger partial charge in [0.25, 0.3) is 0 Å². The van der Waals surface area contributed by atoms with Gasteiger partial charge in [0.15, 0.2) is 0 Å². The fraction of sp³-hybridized carbons (Fsp3) is 0.556. The SMILES string of the molecule is O=C(O)C[C@H](CN1CC[C@@](F)(CCc2ccc3c(n2)NCCC3)C1)c1cccc(OC2COC2)c1. The number of carboxylic acids is 1. The molecule has 8 heteroatoms. The molecule has 1 aromatic heterocycles. The lowest BCUT2D eigenvalue weighted by Crippen LogP contribution is -2.38. The Hall–Kier alpha value is -2.71. The number of hydrogen-bond donors (Lipinski definition) is 2. The first-order valence-electron chi connectivity index (χ1n) is 12.7. The van der Waals surface area contributed by atoms with Crippen LogP contribution in [0.5, 0.6) is 5.75 Å². The summed E-state index contributed by atoms with van der Waals surface area (Å²) in [5.74, 6) is 0.581. The second-order valence-electron chi connectivity index (χ2n) is 10.1. The number of carbonyl (C=O) groups is 1. The number of fused-ring (bicyclic) bond motifs is 1. The maximum atomic E-state index is 15.7. The smallest absolute Gasteiger partial charge is 0.304 e. The molecule has 1 aromatic carbocycles.